The van der Waals surface area contributed by atoms with Gasteiger partial charge in [-0.05, 0) is 24.3 Å². The van der Waals surface area contributed by atoms with Gasteiger partial charge < -0.3 is 0 Å². The predicted octanol–water partition coefficient (Wildman–Crippen LogP) is -8.75. The third kappa shape index (κ3) is 17.2. The van der Waals surface area contributed by atoms with Gasteiger partial charge in [0.15, 0.2) is 0 Å². The van der Waals surface area contributed by atoms with Gasteiger partial charge in [-0.3, -0.25) is 10.0 Å². The topological polar surface area (TPSA) is 269 Å². The van der Waals surface area contributed by atoms with Gasteiger partial charge in [0.1, 0.15) is 11.6 Å². The zero-order valence-corrected chi connectivity index (χ0v) is 17.2. The van der Waals surface area contributed by atoms with Crippen LogP contribution < -0.4 is 59.0 Å². The number of halogens is 2. The number of aromatic nitrogens is 2. The van der Waals surface area contributed by atoms with Crippen LogP contribution in [0.1, 0.15) is 0 Å². The molecule has 14 nitrogen and oxygen atoms in total. The van der Waals surface area contributed by atoms with E-state index < -0.39 is 20.5 Å². The van der Waals surface area contributed by atoms with E-state index in [0.29, 0.717) is 11.6 Å². The minimum absolute atomic E-state index is 0. The molecule has 167 valence electrons. The molecule has 0 saturated heterocycles. The van der Waals surface area contributed by atoms with Gasteiger partial charge in [0.25, 0.3) is 0 Å². The van der Waals surface area contributed by atoms with E-state index in [2.05, 4.69) is 9.97 Å². The summed E-state index contributed by atoms with van der Waals surface area (Å²) in [7, 11) is -6.41. The number of nitrogens with zero attached hydrogens (tertiary/aromatic N) is 4. The molecule has 2 aromatic heterocycles. The Bertz CT molecular complexity index is 659. The second-order valence-corrected chi connectivity index (χ2v) is 6.25. The zero-order valence-electron chi connectivity index (χ0n) is 14.7. The first-order valence-electron chi connectivity index (χ1n) is 6.72. The van der Waals surface area contributed by atoms with Gasteiger partial charge in [0, 0.05) is 14.1 Å². The van der Waals surface area contributed by atoms with E-state index in [1.54, 1.807) is 14.1 Å². The molecule has 0 spiro atoms. The maximum absolute atomic E-state index is 8.49. The SMILES string of the molecule is CN(N)c1cccc(-c2cccc(N(C)N)n2)n1.[Cu+2].[O-][Cl+3]([O-])([O-])[O-].[O-][Cl+3]([O-])([O-])[O-]. The fourth-order valence-corrected chi connectivity index (χ4v) is 1.52. The van der Waals surface area contributed by atoms with Crippen LogP contribution in [0, 0.1) is 20.5 Å². The molecule has 0 aromatic carbocycles. The van der Waals surface area contributed by atoms with Crippen molar-refractivity contribution in [2.24, 2.45) is 11.7 Å². The van der Waals surface area contributed by atoms with Crippen LogP contribution in [0.5, 0.6) is 0 Å². The van der Waals surface area contributed by atoms with Crippen LogP contribution in [-0.4, -0.2) is 24.1 Å². The van der Waals surface area contributed by atoms with Gasteiger partial charge >= 0.3 is 17.1 Å². The van der Waals surface area contributed by atoms with Crippen molar-refractivity contribution >= 4 is 11.6 Å². The quantitative estimate of drug-likeness (QED) is 0.222. The standard InChI is InChI=1S/C12H16N6.2ClHO4.Cu/c1-17(13)11-7-3-5-9(15-11)10-6-4-8-12(16-10)18(2)14;2*2-1(3,4)5;/h3-8H,13-14H2,1-2H3;2*(H,2,3,4,5);/q;;;+2/p-2. The minimum atomic E-state index is -4.94. The molecule has 2 heterocycles. The molecule has 0 aliphatic rings. The van der Waals surface area contributed by atoms with Crippen molar-refractivity contribution in [3.8, 4) is 11.4 Å². The average molecular weight is 507 g/mol. The Balaban J connectivity index is 0. The van der Waals surface area contributed by atoms with Crippen molar-refractivity contribution < 1.29 is 74.8 Å². The number of hydrogen-bond acceptors (Lipinski definition) is 14. The maximum Gasteiger partial charge on any atom is 2.00 e. The van der Waals surface area contributed by atoms with Gasteiger partial charge in [0.2, 0.25) is 0 Å². The number of hydrogen-bond donors (Lipinski definition) is 2. The fourth-order valence-electron chi connectivity index (χ4n) is 1.52. The summed E-state index contributed by atoms with van der Waals surface area (Å²) >= 11 is 0. The van der Waals surface area contributed by atoms with Crippen LogP contribution in [0.2, 0.25) is 0 Å². The van der Waals surface area contributed by atoms with Crippen LogP contribution in [0.15, 0.2) is 36.4 Å². The molecule has 2 rings (SSSR count). The third-order valence-electron chi connectivity index (χ3n) is 2.45. The molecule has 29 heavy (non-hydrogen) atoms. The van der Waals surface area contributed by atoms with E-state index in [1.165, 1.54) is 10.0 Å². The molecule has 1 radical (unpaired) electrons. The first-order valence-corrected chi connectivity index (χ1v) is 9.19. The number of hydrazine groups is 2. The second-order valence-electron chi connectivity index (χ2n) is 4.74. The van der Waals surface area contributed by atoms with E-state index in [-0.39, 0.29) is 17.1 Å². The summed E-state index contributed by atoms with van der Waals surface area (Å²) in [6.45, 7) is 0. The van der Waals surface area contributed by atoms with Crippen molar-refractivity contribution in [1.82, 2.24) is 9.97 Å². The summed E-state index contributed by atoms with van der Waals surface area (Å²) in [6.07, 6.45) is 0. The van der Waals surface area contributed by atoms with Gasteiger partial charge in [-0.2, -0.15) is 0 Å². The molecule has 0 amide bonds. The van der Waals surface area contributed by atoms with E-state index in [4.69, 9.17) is 49.0 Å². The van der Waals surface area contributed by atoms with Gasteiger partial charge in [0.05, 0.1) is 11.4 Å². The summed E-state index contributed by atoms with van der Waals surface area (Å²) in [4.78, 5) is 8.84. The Morgan fingerprint density at radius 2 is 0.897 bits per heavy atom. The monoisotopic (exact) mass is 505 g/mol. The first-order chi connectivity index (χ1) is 12.6. The van der Waals surface area contributed by atoms with Crippen LogP contribution in [0.3, 0.4) is 0 Å². The smallest absolute Gasteiger partial charge is 0.298 e. The average Bonchev–Trinajstić information content (AvgIpc) is 2.52. The summed E-state index contributed by atoms with van der Waals surface area (Å²) in [6, 6.07) is 11.2. The van der Waals surface area contributed by atoms with Gasteiger partial charge in [-0.15, -0.1) is 20.5 Å². The third-order valence-corrected chi connectivity index (χ3v) is 2.45. The Morgan fingerprint density at radius 3 is 1.10 bits per heavy atom. The van der Waals surface area contributed by atoms with E-state index >= 15 is 0 Å². The largest absolute Gasteiger partial charge is 2.00 e. The first kappa shape index (κ1) is 29.8. The summed E-state index contributed by atoms with van der Waals surface area (Å²) < 4.78 is 67.9. The van der Waals surface area contributed by atoms with Crippen LogP contribution in [-0.2, 0) is 17.1 Å². The Morgan fingerprint density at radius 1 is 0.655 bits per heavy atom. The molecule has 0 fully saturated rings. The van der Waals surface area contributed by atoms with E-state index in [9.17, 15) is 0 Å². The molecule has 17 heteroatoms. The van der Waals surface area contributed by atoms with E-state index in [1.807, 2.05) is 36.4 Å². The van der Waals surface area contributed by atoms with Crippen molar-refractivity contribution in [3.05, 3.63) is 36.4 Å². The van der Waals surface area contributed by atoms with Crippen LogP contribution >= 0.6 is 0 Å². The summed E-state index contributed by atoms with van der Waals surface area (Å²) in [5.41, 5.74) is 1.52. The normalized spacial score (nSPS) is 10.5. The van der Waals surface area contributed by atoms with Gasteiger partial charge in [-0.1, -0.05) is 12.1 Å². The molecule has 0 saturated carbocycles. The Hall–Kier alpha value is -1.40. The fraction of sp³-hybridized carbons (Fsp3) is 0.167. The van der Waals surface area contributed by atoms with Crippen molar-refractivity contribution in [2.45, 2.75) is 0 Å². The van der Waals surface area contributed by atoms with Crippen LogP contribution in [0.4, 0.5) is 11.6 Å². The number of nitrogens with two attached hydrogens (primary N) is 2. The number of rotatable bonds is 3. The van der Waals surface area contributed by atoms with Gasteiger partial charge in [-0.25, -0.2) is 58.9 Å². The Kier molecular flexibility index (Phi) is 13.4. The molecule has 0 aliphatic heterocycles. The summed E-state index contributed by atoms with van der Waals surface area (Å²) in [5, 5.41) is 2.92. The van der Waals surface area contributed by atoms with Crippen molar-refractivity contribution in [1.29, 1.82) is 0 Å². The second kappa shape index (κ2) is 13.0. The van der Waals surface area contributed by atoms with Crippen molar-refractivity contribution in [3.63, 3.8) is 0 Å². The number of pyridine rings is 2. The van der Waals surface area contributed by atoms with Crippen LogP contribution in [0.25, 0.3) is 11.4 Å². The summed E-state index contributed by atoms with van der Waals surface area (Å²) in [5.74, 6) is 12.7. The zero-order chi connectivity index (χ0) is 22.1. The minimum Gasteiger partial charge on any atom is -0.298 e. The molecule has 0 bridgehead atoms. The molecule has 0 atom stereocenters. The molecule has 0 aliphatic carbocycles. The number of anilines is 2. The predicted molar refractivity (Wildman–Crippen MR) is 72.6 cm³/mol. The molecule has 2 aromatic rings. The molecule has 0 unspecified atom stereocenters. The van der Waals surface area contributed by atoms with Crippen molar-refractivity contribution in [2.75, 3.05) is 24.1 Å². The molecule has 4 N–H and O–H groups in total. The molecular formula is C12H16Cl2CuN6O8. The molecular weight excluding hydrogens is 491 g/mol. The Labute approximate surface area is 180 Å². The van der Waals surface area contributed by atoms with E-state index in [0.717, 1.165) is 11.4 Å². The maximum atomic E-state index is 8.49.